The van der Waals surface area contributed by atoms with Crippen molar-refractivity contribution in [1.29, 1.82) is 0 Å². The first-order chi connectivity index (χ1) is 56.0. The number of thiazole rings is 1. The largest absolute Gasteiger partial charge is 0.506 e. The molecule has 4 aromatic heterocycles. The second kappa shape index (κ2) is 40.1. The van der Waals surface area contributed by atoms with E-state index in [0.29, 0.717) is 102 Å². The van der Waals surface area contributed by atoms with Crippen molar-refractivity contribution in [2.75, 3.05) is 127 Å². The minimum absolute atomic E-state index is 0.00409. The Morgan fingerprint density at radius 1 is 0.783 bits per heavy atom. The smallest absolute Gasteiger partial charge is 0.315 e. The summed E-state index contributed by atoms with van der Waals surface area (Å²) in [5.41, 5.74) is 6.12. The number of rotatable bonds is 31. The summed E-state index contributed by atoms with van der Waals surface area (Å²) in [5, 5.41) is 56.3. The lowest BCUT2D eigenvalue weighted by molar-refractivity contribution is -0.137. The summed E-state index contributed by atoms with van der Waals surface area (Å²) in [6.07, 6.45) is 7.61. The van der Waals surface area contributed by atoms with Crippen LogP contribution in [0.4, 0.5) is 22.1 Å². The number of nitrogens with one attached hydrogen (secondary N) is 7. The highest BCUT2D eigenvalue weighted by Crippen LogP contribution is 2.40. The number of carbonyl (C=O) groups excluding carboxylic acids is 6. The average molecular weight is 1620 g/mol. The molecule has 6 aliphatic rings. The van der Waals surface area contributed by atoms with Crippen LogP contribution in [-0.4, -0.2) is 243 Å². The Hall–Kier alpha value is -9.96. The third-order valence-electron chi connectivity index (χ3n) is 22.0. The minimum Gasteiger partial charge on any atom is -0.506 e. The highest BCUT2D eigenvalue weighted by Gasteiger charge is 2.48. The number of piperidine rings is 2. The zero-order chi connectivity index (χ0) is 80.2. The van der Waals surface area contributed by atoms with E-state index >= 15 is 0 Å². The molecule has 0 bridgehead atoms. The number of carbonyl (C=O) groups is 6. The number of urea groups is 1. The number of fused-ring (bicyclic) bond motifs is 2. The maximum absolute atomic E-state index is 13.6. The van der Waals surface area contributed by atoms with Gasteiger partial charge in [0.2, 0.25) is 11.7 Å². The third-order valence-corrected chi connectivity index (χ3v) is 23.5. The highest BCUT2D eigenvalue weighted by molar-refractivity contribution is 7.09. The van der Waals surface area contributed by atoms with Crippen molar-refractivity contribution in [3.8, 4) is 11.5 Å². The fourth-order valence-electron chi connectivity index (χ4n) is 15.8. The fourth-order valence-corrected chi connectivity index (χ4v) is 16.8. The first-order valence-corrected chi connectivity index (χ1v) is 41.4. The number of halogens is 1. The lowest BCUT2D eigenvalue weighted by Gasteiger charge is -2.47. The van der Waals surface area contributed by atoms with Crippen LogP contribution >= 0.6 is 22.9 Å². The molecule has 0 radical (unpaired) electrons. The number of aryl methyl sites for hydroxylation is 1. The summed E-state index contributed by atoms with van der Waals surface area (Å²) in [4.78, 5) is 108. The number of aromatic nitrogens is 6. The van der Waals surface area contributed by atoms with Gasteiger partial charge in [-0.05, 0) is 117 Å². The number of likely N-dealkylation sites (tertiary alicyclic amines) is 1. The van der Waals surface area contributed by atoms with Crippen LogP contribution < -0.4 is 46.9 Å². The number of imidazole rings is 1. The zero-order valence-electron chi connectivity index (χ0n) is 65.1. The van der Waals surface area contributed by atoms with E-state index in [1.165, 1.54) is 10.9 Å². The van der Waals surface area contributed by atoms with Gasteiger partial charge in [-0.2, -0.15) is 0 Å². The highest BCUT2D eigenvalue weighted by atomic mass is 35.5. The summed E-state index contributed by atoms with van der Waals surface area (Å²) in [6, 6.07) is 35.3. The van der Waals surface area contributed by atoms with Gasteiger partial charge in [-0.3, -0.25) is 33.4 Å². The third kappa shape index (κ3) is 21.2. The number of aromatic hydroxyl groups is 1. The van der Waals surface area contributed by atoms with Gasteiger partial charge >= 0.3 is 6.03 Å². The van der Waals surface area contributed by atoms with Gasteiger partial charge in [-0.1, -0.05) is 122 Å². The van der Waals surface area contributed by atoms with Gasteiger partial charge in [0.1, 0.15) is 35.2 Å². The zero-order valence-corrected chi connectivity index (χ0v) is 66.6. The number of phenols is 1. The quantitative estimate of drug-likeness (QED) is 0.0150. The van der Waals surface area contributed by atoms with Crippen molar-refractivity contribution in [1.82, 2.24) is 70.8 Å². The predicted molar refractivity (Wildman–Crippen MR) is 435 cm³/mol. The van der Waals surface area contributed by atoms with Crippen LogP contribution in [0.2, 0.25) is 5.02 Å². The van der Waals surface area contributed by atoms with Gasteiger partial charge in [-0.25, -0.2) is 29.7 Å². The summed E-state index contributed by atoms with van der Waals surface area (Å²) >= 11 is 8.51. The number of anilines is 3. The van der Waals surface area contributed by atoms with Gasteiger partial charge in [0.15, 0.2) is 41.7 Å². The molecule has 1 aliphatic carbocycles. The normalized spacial score (nSPS) is 19.0. The SMILES string of the molecule is CCNC(=O)[C@H]1O[C@@H](n2cnc3c(NCC(c4ccccc4)c4ccccc4)nc(C(=O)NCCNC(=O)NC4CCN(c5ccccn5)CC4)nc32)[C@H](O)[C@@H]1O.CCc1nc(C(=O)N2CCOC3(CCN(Cc4cccc(CCOCCC(=O)N(CCNCCc5ccc(O)c6c5OCC(=O)N6)C5CCCC5)c4Cl)CC3)C2)cs1. The predicted octanol–water partition coefficient (Wildman–Crippen LogP) is 7.37. The number of phenolic OH excluding ortho intramolecular Hbond substituents is 1. The van der Waals surface area contributed by atoms with Crippen LogP contribution in [0.25, 0.3) is 11.2 Å². The maximum atomic E-state index is 13.6. The number of hydrogen-bond acceptors (Lipinski definition) is 23. The number of likely N-dealkylation sites (N-methyl/N-ethyl adjacent to an activating group) is 1. The van der Waals surface area contributed by atoms with Crippen molar-refractivity contribution in [3.05, 3.63) is 176 Å². The van der Waals surface area contributed by atoms with Gasteiger partial charge < -0.3 is 86.2 Å². The van der Waals surface area contributed by atoms with E-state index in [1.807, 2.05) is 100 Å². The van der Waals surface area contributed by atoms with E-state index < -0.39 is 36.4 Å². The minimum atomic E-state index is -1.53. The van der Waals surface area contributed by atoms with E-state index in [9.17, 15) is 44.1 Å². The molecule has 14 rings (SSSR count). The Morgan fingerprint density at radius 3 is 2.26 bits per heavy atom. The van der Waals surface area contributed by atoms with Crippen LogP contribution in [0, 0.1) is 0 Å². The second-order valence-corrected chi connectivity index (χ2v) is 31.1. The number of amides is 7. The Balaban J connectivity index is 0.000000200. The molecule has 612 valence electrons. The van der Waals surface area contributed by atoms with Gasteiger partial charge in [-0.15, -0.1) is 11.3 Å². The van der Waals surface area contributed by atoms with Crippen molar-refractivity contribution in [2.45, 2.75) is 146 Å². The van der Waals surface area contributed by atoms with E-state index in [4.69, 9.17) is 30.5 Å². The standard InChI is InChI=1S/C43H57ClN6O7S.C40H47N11O6/c1-2-37-46-34(28-58-37)42(54)49-22-25-57-43(29-49)15-19-48(20-16-43)26-32-7-5-6-30(39(32)44)13-23-55-24-14-38(53)50(33-8-3-4-9-33)21-18-45-17-12-31-10-11-35(51)40-41(31)56-27-36(52)47-40;1-2-41-37(54)33-31(52)32(53)39(57-33)51-24-46-30-34(45-23-28(25-11-5-3-6-12-25)26-13-7-4-8-14-26)48-35(49-36(30)51)38(55)43-19-20-44-40(56)47-27-16-21-50(22-17-27)29-15-9-10-18-42-29/h5-7,10-11,28,33,45,51H,2-4,8-9,12-27,29H2,1H3,(H,47,52);3-15,18,24,27-28,31-33,39,52-53H,2,16-17,19-23H2,1H3,(H,41,54)(H,43,55)(H2,44,47,56)(H,45,48,49)/t;31-,32+,33-,39+/m.0/s1. The van der Waals surface area contributed by atoms with Crippen molar-refractivity contribution < 1.29 is 63.0 Å². The van der Waals surface area contributed by atoms with Crippen LogP contribution in [0.15, 0.2) is 127 Å². The molecule has 115 heavy (non-hydrogen) atoms. The first-order valence-electron chi connectivity index (χ1n) is 40.1. The number of aliphatic hydroxyl groups excluding tert-OH is 2. The van der Waals surface area contributed by atoms with E-state index in [0.717, 1.165) is 134 Å². The molecular weight excluding hydrogens is 1510 g/mol. The molecule has 9 heterocycles. The molecule has 32 heteroatoms. The van der Waals surface area contributed by atoms with Crippen molar-refractivity contribution >= 4 is 87.0 Å². The molecule has 30 nitrogen and oxygen atoms in total. The van der Waals surface area contributed by atoms with Gasteiger partial charge in [0.25, 0.3) is 23.6 Å². The lowest BCUT2D eigenvalue weighted by Crippen LogP contribution is -2.58. The molecule has 8 aromatic rings. The van der Waals surface area contributed by atoms with Crippen molar-refractivity contribution in [2.24, 2.45) is 0 Å². The van der Waals surface area contributed by atoms with E-state index in [1.54, 1.807) is 30.5 Å². The van der Waals surface area contributed by atoms with Crippen LogP contribution in [-0.2, 0) is 54.4 Å². The monoisotopic (exact) mass is 1610 g/mol. The summed E-state index contributed by atoms with van der Waals surface area (Å²) in [6.45, 7) is 13.2. The summed E-state index contributed by atoms with van der Waals surface area (Å²) in [7, 11) is 0. The van der Waals surface area contributed by atoms with Crippen molar-refractivity contribution in [3.63, 3.8) is 0 Å². The molecule has 1 saturated carbocycles. The maximum Gasteiger partial charge on any atom is 0.315 e. The van der Waals surface area contributed by atoms with Gasteiger partial charge in [0.05, 0.1) is 49.7 Å². The summed E-state index contributed by atoms with van der Waals surface area (Å²) < 4.78 is 25.2. The molecule has 10 N–H and O–H groups in total. The molecular formula is C83H104ClN17O13S. The number of benzene rings is 4. The summed E-state index contributed by atoms with van der Waals surface area (Å²) in [5.74, 6) is 0.0138. The number of aliphatic hydroxyl groups is 2. The molecule has 4 aromatic carbocycles. The lowest BCUT2D eigenvalue weighted by atomic mass is 9.89. The molecule has 7 amide bonds. The van der Waals surface area contributed by atoms with Crippen LogP contribution in [0.3, 0.4) is 0 Å². The van der Waals surface area contributed by atoms with E-state index in [2.05, 4.69) is 97.1 Å². The number of pyridine rings is 1. The fraction of sp³-hybridized carbons (Fsp3) is 0.482. The topological polar surface area (TPSA) is 367 Å². The number of ether oxygens (including phenoxy) is 4. The van der Waals surface area contributed by atoms with Crippen LogP contribution in [0.1, 0.15) is 138 Å². The molecule has 4 atom stereocenters. The Kier molecular flexibility index (Phi) is 28.9. The number of morpholine rings is 1. The van der Waals surface area contributed by atoms with Crippen LogP contribution in [0.5, 0.6) is 11.5 Å². The first kappa shape index (κ1) is 83.0. The molecule has 0 unspecified atom stereocenters. The Morgan fingerprint density at radius 2 is 1.53 bits per heavy atom. The second-order valence-electron chi connectivity index (χ2n) is 29.7. The molecule has 5 aliphatic heterocycles. The number of hydrogen-bond donors (Lipinski definition) is 10. The Labute approximate surface area is 677 Å². The van der Waals surface area contributed by atoms with Gasteiger partial charge in [0, 0.05) is 113 Å². The molecule has 1 spiro atoms. The van der Waals surface area contributed by atoms with E-state index in [-0.39, 0.29) is 95.6 Å². The number of nitrogens with zero attached hydrogens (tertiary/aromatic N) is 10. The molecule has 4 saturated heterocycles. The Bertz CT molecular complexity index is 4550. The molecule has 5 fully saturated rings. The average Bonchev–Trinajstić information content (AvgIpc) is 1.61.